The average molecular weight is 141 g/mol. The highest BCUT2D eigenvalue weighted by Crippen LogP contribution is 2.32. The molecule has 0 aliphatic heterocycles. The normalized spacial score (nSPS) is 22.8. The molecular weight excluding hydrogens is 122 g/mol. The largest absolute Gasteiger partial charge is 0.309 e. The lowest BCUT2D eigenvalue weighted by Crippen LogP contribution is -2.43. The third-order valence-corrected chi connectivity index (χ3v) is 1.99. The van der Waals surface area contributed by atoms with Gasteiger partial charge in [-0.15, -0.1) is 0 Å². The zero-order valence-electron chi connectivity index (χ0n) is 7.57. The van der Waals surface area contributed by atoms with Crippen LogP contribution < -0.4 is 5.32 Å². The lowest BCUT2D eigenvalue weighted by Gasteiger charge is -2.25. The molecule has 10 heavy (non-hydrogen) atoms. The van der Waals surface area contributed by atoms with E-state index in [9.17, 15) is 0 Å². The van der Waals surface area contributed by atoms with Crippen LogP contribution in [0.4, 0.5) is 0 Å². The molecule has 1 fully saturated rings. The molecule has 0 spiro atoms. The Bertz CT molecular complexity index is 108. The molecule has 1 heteroatoms. The predicted octanol–water partition coefficient (Wildman–Crippen LogP) is 2.17. The highest BCUT2D eigenvalue weighted by atomic mass is 15.0. The van der Waals surface area contributed by atoms with Crippen LogP contribution >= 0.6 is 0 Å². The highest BCUT2D eigenvalue weighted by molar-refractivity contribution is 4.87. The third-order valence-electron chi connectivity index (χ3n) is 1.99. The fourth-order valence-corrected chi connectivity index (χ4v) is 1.40. The summed E-state index contributed by atoms with van der Waals surface area (Å²) in [7, 11) is 0. The monoisotopic (exact) mass is 141 g/mol. The molecule has 1 aliphatic carbocycles. The first-order valence-corrected chi connectivity index (χ1v) is 4.27. The number of hydrogen-bond donors (Lipinski definition) is 1. The molecule has 1 rings (SSSR count). The molecule has 1 aliphatic rings. The first kappa shape index (κ1) is 8.06. The van der Waals surface area contributed by atoms with Crippen molar-refractivity contribution < 1.29 is 0 Å². The minimum absolute atomic E-state index is 0.294. The maximum atomic E-state index is 3.58. The maximum absolute atomic E-state index is 3.58. The van der Waals surface area contributed by atoms with Crippen LogP contribution in [-0.4, -0.2) is 11.6 Å². The van der Waals surface area contributed by atoms with Crippen molar-refractivity contribution >= 4 is 0 Å². The van der Waals surface area contributed by atoms with Gasteiger partial charge >= 0.3 is 0 Å². The van der Waals surface area contributed by atoms with Gasteiger partial charge in [0.25, 0.3) is 0 Å². The molecule has 0 heterocycles. The number of rotatable bonds is 2. The standard InChI is InChI=1S/C9H19N/c1-7(8-5-6-8)10-9(2,3)4/h7-8,10H,5-6H2,1-4H3/t7-/m1/s1. The molecule has 0 saturated heterocycles. The molecule has 1 saturated carbocycles. The van der Waals surface area contributed by atoms with E-state index < -0.39 is 0 Å². The van der Waals surface area contributed by atoms with Crippen LogP contribution in [0, 0.1) is 5.92 Å². The zero-order chi connectivity index (χ0) is 7.78. The van der Waals surface area contributed by atoms with E-state index in [0.717, 1.165) is 12.0 Å². The first-order valence-electron chi connectivity index (χ1n) is 4.27. The van der Waals surface area contributed by atoms with E-state index in [-0.39, 0.29) is 0 Å². The van der Waals surface area contributed by atoms with Crippen LogP contribution in [0.15, 0.2) is 0 Å². The van der Waals surface area contributed by atoms with Gasteiger partial charge in [-0.1, -0.05) is 0 Å². The van der Waals surface area contributed by atoms with E-state index in [2.05, 4.69) is 33.0 Å². The Morgan fingerprint density at radius 1 is 1.30 bits per heavy atom. The topological polar surface area (TPSA) is 12.0 Å². The van der Waals surface area contributed by atoms with Gasteiger partial charge in [-0.2, -0.15) is 0 Å². The van der Waals surface area contributed by atoms with Gasteiger partial charge in [0.05, 0.1) is 0 Å². The summed E-state index contributed by atoms with van der Waals surface area (Å²) in [6, 6.07) is 0.722. The summed E-state index contributed by atoms with van der Waals surface area (Å²) >= 11 is 0. The van der Waals surface area contributed by atoms with Crippen molar-refractivity contribution in [3.63, 3.8) is 0 Å². The van der Waals surface area contributed by atoms with E-state index in [1.54, 1.807) is 0 Å². The molecule has 1 atom stereocenters. The second-order valence-electron chi connectivity index (χ2n) is 4.52. The second kappa shape index (κ2) is 2.54. The summed E-state index contributed by atoms with van der Waals surface area (Å²) in [5.74, 6) is 0.972. The summed E-state index contributed by atoms with van der Waals surface area (Å²) in [4.78, 5) is 0. The Balaban J connectivity index is 2.23. The molecule has 0 aromatic heterocycles. The van der Waals surface area contributed by atoms with Gasteiger partial charge in [-0.3, -0.25) is 0 Å². The lowest BCUT2D eigenvalue weighted by atomic mass is 10.1. The fraction of sp³-hybridized carbons (Fsp3) is 1.00. The van der Waals surface area contributed by atoms with Crippen LogP contribution in [0.25, 0.3) is 0 Å². The Morgan fingerprint density at radius 3 is 2.10 bits per heavy atom. The SMILES string of the molecule is C[C@@H](NC(C)(C)C)C1CC1. The molecule has 1 N–H and O–H groups in total. The summed E-state index contributed by atoms with van der Waals surface area (Å²) in [6.45, 7) is 8.98. The van der Waals surface area contributed by atoms with E-state index in [1.165, 1.54) is 12.8 Å². The predicted molar refractivity (Wildman–Crippen MR) is 45.1 cm³/mol. The van der Waals surface area contributed by atoms with Crippen LogP contribution in [-0.2, 0) is 0 Å². The molecule has 0 radical (unpaired) electrons. The van der Waals surface area contributed by atoms with Gasteiger partial charge in [-0.05, 0) is 46.5 Å². The Morgan fingerprint density at radius 2 is 1.80 bits per heavy atom. The Kier molecular flexibility index (Phi) is 2.04. The van der Waals surface area contributed by atoms with Crippen LogP contribution in [0.1, 0.15) is 40.5 Å². The minimum Gasteiger partial charge on any atom is -0.309 e. The van der Waals surface area contributed by atoms with Gasteiger partial charge in [0.15, 0.2) is 0 Å². The number of nitrogens with one attached hydrogen (secondary N) is 1. The van der Waals surface area contributed by atoms with Crippen molar-refractivity contribution in [3.8, 4) is 0 Å². The highest BCUT2D eigenvalue weighted by Gasteiger charge is 2.29. The van der Waals surface area contributed by atoms with Gasteiger partial charge in [0, 0.05) is 11.6 Å². The van der Waals surface area contributed by atoms with Crippen molar-refractivity contribution in [2.75, 3.05) is 0 Å². The minimum atomic E-state index is 0.294. The maximum Gasteiger partial charge on any atom is 0.00990 e. The van der Waals surface area contributed by atoms with E-state index in [0.29, 0.717) is 5.54 Å². The molecule has 0 bridgehead atoms. The molecule has 0 aromatic rings. The van der Waals surface area contributed by atoms with Crippen molar-refractivity contribution in [1.29, 1.82) is 0 Å². The molecule has 0 aromatic carbocycles. The van der Waals surface area contributed by atoms with Gasteiger partial charge in [0.1, 0.15) is 0 Å². The van der Waals surface area contributed by atoms with Gasteiger partial charge in [-0.25, -0.2) is 0 Å². The van der Waals surface area contributed by atoms with Crippen LogP contribution in [0.2, 0.25) is 0 Å². The third kappa shape index (κ3) is 2.70. The average Bonchev–Trinajstić information content (AvgIpc) is 2.35. The quantitative estimate of drug-likeness (QED) is 0.621. The summed E-state index contributed by atoms with van der Waals surface area (Å²) in [5, 5.41) is 3.58. The lowest BCUT2D eigenvalue weighted by molar-refractivity contribution is 0.350. The molecular formula is C9H19N. The van der Waals surface area contributed by atoms with Crippen LogP contribution in [0.3, 0.4) is 0 Å². The number of hydrogen-bond acceptors (Lipinski definition) is 1. The van der Waals surface area contributed by atoms with Crippen molar-refractivity contribution in [2.45, 2.75) is 52.1 Å². The van der Waals surface area contributed by atoms with E-state index in [1.807, 2.05) is 0 Å². The molecule has 0 unspecified atom stereocenters. The van der Waals surface area contributed by atoms with Crippen molar-refractivity contribution in [2.24, 2.45) is 5.92 Å². The van der Waals surface area contributed by atoms with Gasteiger partial charge < -0.3 is 5.32 Å². The van der Waals surface area contributed by atoms with Gasteiger partial charge in [0.2, 0.25) is 0 Å². The Labute approximate surface area is 64.2 Å². The van der Waals surface area contributed by atoms with Crippen molar-refractivity contribution in [3.05, 3.63) is 0 Å². The summed E-state index contributed by atoms with van der Waals surface area (Å²) in [6.07, 6.45) is 2.87. The molecule has 60 valence electrons. The Hall–Kier alpha value is -0.0400. The summed E-state index contributed by atoms with van der Waals surface area (Å²) < 4.78 is 0. The van der Waals surface area contributed by atoms with E-state index in [4.69, 9.17) is 0 Å². The zero-order valence-corrected chi connectivity index (χ0v) is 7.57. The van der Waals surface area contributed by atoms with Crippen molar-refractivity contribution in [1.82, 2.24) is 5.32 Å². The molecule has 0 amide bonds. The molecule has 1 nitrogen and oxygen atoms in total. The fourth-order valence-electron chi connectivity index (χ4n) is 1.40. The second-order valence-corrected chi connectivity index (χ2v) is 4.52. The van der Waals surface area contributed by atoms with E-state index >= 15 is 0 Å². The smallest absolute Gasteiger partial charge is 0.00990 e. The van der Waals surface area contributed by atoms with Crippen LogP contribution in [0.5, 0.6) is 0 Å². The first-order chi connectivity index (χ1) is 4.49. The summed E-state index contributed by atoms with van der Waals surface area (Å²) in [5.41, 5.74) is 0.294.